The Labute approximate surface area is 157 Å². The summed E-state index contributed by atoms with van der Waals surface area (Å²) >= 11 is 11.9. The second-order valence-corrected chi connectivity index (χ2v) is 5.94. The van der Waals surface area contributed by atoms with Gasteiger partial charge in [0.1, 0.15) is 12.7 Å². The molecule has 11 heteroatoms. The molecule has 0 saturated heterocycles. The van der Waals surface area contributed by atoms with Crippen LogP contribution >= 0.6 is 23.2 Å². The molecular weight excluding hydrogens is 381 g/mol. The molecule has 2 amide bonds. The van der Waals surface area contributed by atoms with Gasteiger partial charge in [0.15, 0.2) is 5.82 Å². The van der Waals surface area contributed by atoms with E-state index in [2.05, 4.69) is 25.8 Å². The number of urea groups is 1. The lowest BCUT2D eigenvalue weighted by Crippen LogP contribution is -2.34. The quantitative estimate of drug-likeness (QED) is 0.688. The number of benzene rings is 1. The van der Waals surface area contributed by atoms with Crippen LogP contribution < -0.4 is 16.2 Å². The summed E-state index contributed by atoms with van der Waals surface area (Å²) in [5.74, 6) is 0.442. The van der Waals surface area contributed by atoms with Gasteiger partial charge in [0.2, 0.25) is 0 Å². The predicted octanol–water partition coefficient (Wildman–Crippen LogP) is 1.95. The lowest BCUT2D eigenvalue weighted by Gasteiger charge is -2.10. The van der Waals surface area contributed by atoms with E-state index in [1.807, 2.05) is 0 Å². The number of rotatable bonds is 5. The maximum atomic E-state index is 12.0. The number of amides is 2. The number of hydrogen-bond acceptors (Lipinski definition) is 5. The molecule has 0 saturated carbocycles. The number of carbonyl (C=O) groups is 1. The Morgan fingerprint density at radius 3 is 2.81 bits per heavy atom. The molecule has 0 atom stereocenters. The fraction of sp³-hybridized carbons (Fsp3) is 0.133. The highest BCUT2D eigenvalue weighted by Gasteiger charge is 2.07. The molecule has 3 aromatic rings. The van der Waals surface area contributed by atoms with Gasteiger partial charge in [0.05, 0.1) is 17.3 Å². The number of hydrogen-bond donors (Lipinski definition) is 2. The van der Waals surface area contributed by atoms with Crippen LogP contribution in [0.2, 0.25) is 10.0 Å². The van der Waals surface area contributed by atoms with Gasteiger partial charge in [-0.1, -0.05) is 23.2 Å². The molecule has 26 heavy (non-hydrogen) atoms. The summed E-state index contributed by atoms with van der Waals surface area (Å²) in [4.78, 5) is 27.7. The van der Waals surface area contributed by atoms with Crippen LogP contribution in [0.25, 0.3) is 5.82 Å². The zero-order valence-electron chi connectivity index (χ0n) is 13.3. The lowest BCUT2D eigenvalue weighted by molar-refractivity contribution is 0.251. The van der Waals surface area contributed by atoms with Gasteiger partial charge in [0.25, 0.3) is 5.56 Å². The maximum absolute atomic E-state index is 12.0. The first-order chi connectivity index (χ1) is 12.5. The molecule has 2 aromatic heterocycles. The zero-order chi connectivity index (χ0) is 18.5. The average molecular weight is 394 g/mol. The van der Waals surface area contributed by atoms with E-state index in [4.69, 9.17) is 23.2 Å². The third-order valence-electron chi connectivity index (χ3n) is 3.29. The molecule has 2 heterocycles. The van der Waals surface area contributed by atoms with E-state index in [1.54, 1.807) is 12.1 Å². The van der Waals surface area contributed by atoms with Crippen LogP contribution in [0.15, 0.2) is 47.8 Å². The summed E-state index contributed by atoms with van der Waals surface area (Å²) < 4.78 is 2.65. The highest BCUT2D eigenvalue weighted by atomic mass is 35.5. The Morgan fingerprint density at radius 2 is 2.04 bits per heavy atom. The van der Waals surface area contributed by atoms with Gasteiger partial charge < -0.3 is 10.6 Å². The number of anilines is 1. The van der Waals surface area contributed by atoms with Crippen LogP contribution in [0.5, 0.6) is 0 Å². The third-order valence-corrected chi connectivity index (χ3v) is 3.86. The van der Waals surface area contributed by atoms with Crippen molar-refractivity contribution in [1.29, 1.82) is 0 Å². The van der Waals surface area contributed by atoms with E-state index in [1.165, 1.54) is 40.2 Å². The summed E-state index contributed by atoms with van der Waals surface area (Å²) in [5, 5.41) is 14.2. The second kappa shape index (κ2) is 7.98. The van der Waals surface area contributed by atoms with Gasteiger partial charge in [0, 0.05) is 17.6 Å². The number of aromatic nitrogens is 5. The molecule has 0 spiro atoms. The molecule has 0 radical (unpaired) electrons. The van der Waals surface area contributed by atoms with E-state index in [9.17, 15) is 9.59 Å². The van der Waals surface area contributed by atoms with Gasteiger partial charge in [-0.2, -0.15) is 5.10 Å². The summed E-state index contributed by atoms with van der Waals surface area (Å²) in [6.45, 7) is 0.357. The van der Waals surface area contributed by atoms with E-state index in [0.29, 0.717) is 21.6 Å². The van der Waals surface area contributed by atoms with Crippen molar-refractivity contribution in [3.05, 3.63) is 63.4 Å². The van der Waals surface area contributed by atoms with Crippen molar-refractivity contribution in [2.24, 2.45) is 0 Å². The Balaban J connectivity index is 1.59. The first-order valence-electron chi connectivity index (χ1n) is 7.46. The average Bonchev–Trinajstić information content (AvgIpc) is 3.14. The van der Waals surface area contributed by atoms with E-state index >= 15 is 0 Å². The van der Waals surface area contributed by atoms with Crippen molar-refractivity contribution in [2.45, 2.75) is 6.54 Å². The summed E-state index contributed by atoms with van der Waals surface area (Å²) in [6, 6.07) is 7.17. The van der Waals surface area contributed by atoms with E-state index in [0.717, 1.165) is 0 Å². The van der Waals surface area contributed by atoms with Gasteiger partial charge in [-0.15, -0.1) is 5.10 Å². The SMILES string of the molecule is O=C(NCCn1nc(-n2cncn2)ccc1=O)Nc1cc(Cl)ccc1Cl. The fourth-order valence-corrected chi connectivity index (χ4v) is 2.42. The van der Waals surface area contributed by atoms with Crippen LogP contribution in [-0.2, 0) is 6.54 Å². The third kappa shape index (κ3) is 4.38. The highest BCUT2D eigenvalue weighted by molar-refractivity contribution is 6.35. The highest BCUT2D eigenvalue weighted by Crippen LogP contribution is 2.25. The van der Waals surface area contributed by atoms with Crippen molar-refractivity contribution in [2.75, 3.05) is 11.9 Å². The molecule has 9 nitrogen and oxygen atoms in total. The van der Waals surface area contributed by atoms with Crippen LogP contribution in [-0.4, -0.2) is 37.1 Å². The molecule has 0 aliphatic heterocycles. The van der Waals surface area contributed by atoms with Gasteiger partial charge >= 0.3 is 6.03 Å². The number of halogens is 2. The Hall–Kier alpha value is -2.91. The molecule has 0 aliphatic rings. The largest absolute Gasteiger partial charge is 0.336 e. The minimum atomic E-state index is -0.477. The lowest BCUT2D eigenvalue weighted by atomic mass is 10.3. The van der Waals surface area contributed by atoms with Gasteiger partial charge in [-0.25, -0.2) is 19.1 Å². The van der Waals surface area contributed by atoms with E-state index < -0.39 is 6.03 Å². The van der Waals surface area contributed by atoms with Crippen LogP contribution in [0, 0.1) is 0 Å². The zero-order valence-corrected chi connectivity index (χ0v) is 14.8. The molecule has 0 fully saturated rings. The smallest absolute Gasteiger partial charge is 0.319 e. The Bertz CT molecular complexity index is 972. The molecule has 1 aromatic carbocycles. The number of carbonyl (C=O) groups excluding carboxylic acids is 1. The van der Waals surface area contributed by atoms with Gasteiger partial charge in [-0.05, 0) is 24.3 Å². The van der Waals surface area contributed by atoms with Crippen molar-refractivity contribution in [1.82, 2.24) is 29.9 Å². The standard InChI is InChI=1S/C15H13Cl2N7O2/c16-10-1-2-11(17)12(7-10)21-15(26)19-5-6-23-14(25)4-3-13(22-23)24-9-18-8-20-24/h1-4,7-9H,5-6H2,(H2,19,21,26). The maximum Gasteiger partial charge on any atom is 0.319 e. The molecule has 0 unspecified atom stereocenters. The molecule has 3 rings (SSSR count). The minimum Gasteiger partial charge on any atom is -0.336 e. The Morgan fingerprint density at radius 1 is 1.19 bits per heavy atom. The van der Waals surface area contributed by atoms with Crippen LogP contribution in [0.4, 0.5) is 10.5 Å². The first kappa shape index (κ1) is 17.9. The van der Waals surface area contributed by atoms with Crippen molar-refractivity contribution in [3.63, 3.8) is 0 Å². The predicted molar refractivity (Wildman–Crippen MR) is 96.9 cm³/mol. The molecule has 2 N–H and O–H groups in total. The molecule has 134 valence electrons. The molecule has 0 bridgehead atoms. The van der Waals surface area contributed by atoms with Crippen molar-refractivity contribution >= 4 is 34.9 Å². The topological polar surface area (TPSA) is 107 Å². The van der Waals surface area contributed by atoms with Crippen LogP contribution in [0.1, 0.15) is 0 Å². The number of nitrogens with one attached hydrogen (secondary N) is 2. The van der Waals surface area contributed by atoms with Crippen molar-refractivity contribution in [3.8, 4) is 5.82 Å². The normalized spacial score (nSPS) is 10.5. The molecular formula is C15H13Cl2N7O2. The summed E-state index contributed by atoms with van der Waals surface area (Å²) in [7, 11) is 0. The fourth-order valence-electron chi connectivity index (χ4n) is 2.08. The number of nitrogens with zero attached hydrogens (tertiary/aromatic N) is 5. The van der Waals surface area contributed by atoms with E-state index in [-0.39, 0.29) is 18.6 Å². The summed E-state index contributed by atoms with van der Waals surface area (Å²) in [6.07, 6.45) is 2.83. The first-order valence-corrected chi connectivity index (χ1v) is 8.21. The van der Waals surface area contributed by atoms with Crippen LogP contribution in [0.3, 0.4) is 0 Å². The minimum absolute atomic E-state index is 0.178. The van der Waals surface area contributed by atoms with Gasteiger partial charge in [-0.3, -0.25) is 4.79 Å². The second-order valence-electron chi connectivity index (χ2n) is 5.10. The Kier molecular flexibility index (Phi) is 5.49. The van der Waals surface area contributed by atoms with Crippen molar-refractivity contribution < 1.29 is 4.79 Å². The molecule has 0 aliphatic carbocycles. The summed E-state index contributed by atoms with van der Waals surface area (Å²) in [5.41, 5.74) is 0.0918. The monoisotopic (exact) mass is 393 g/mol.